The van der Waals surface area contributed by atoms with E-state index in [0.717, 1.165) is 5.56 Å². The van der Waals surface area contributed by atoms with E-state index < -0.39 is 47.9 Å². The molecule has 11 N–H and O–H groups in total. The van der Waals surface area contributed by atoms with Crippen LogP contribution in [0.4, 0.5) is 0 Å². The van der Waals surface area contributed by atoms with Crippen molar-refractivity contribution < 1.29 is 24.3 Å². The molecule has 15 heteroatoms. The third-order valence-corrected chi connectivity index (χ3v) is 6.01. The van der Waals surface area contributed by atoms with Gasteiger partial charge in [0.2, 0.25) is 17.7 Å². The fourth-order valence-electron chi connectivity index (χ4n) is 3.55. The molecule has 4 atom stereocenters. The topological polar surface area (TPSA) is 244 Å². The van der Waals surface area contributed by atoms with Crippen molar-refractivity contribution in [3.05, 3.63) is 54.1 Å². The lowest BCUT2D eigenvalue weighted by Gasteiger charge is -2.25. The van der Waals surface area contributed by atoms with Crippen LogP contribution in [0, 0.1) is 0 Å². The van der Waals surface area contributed by atoms with Crippen molar-refractivity contribution in [2.24, 2.45) is 22.2 Å². The number of carboxylic acid groups (broad SMARTS) is 1. The standard InChI is InChI=1S/C24H35N9O5S/c25-16(12-39)20(34)32-18(9-14-5-2-1-3-6-14)21(35)33-19(10-15-11-28-13-30-15)22(36)31-17(23(37)38)7-4-8-29-24(26)27/h1-3,5-6,11,13,16-19,39H,4,7-10,12,25H2,(H,28,30)(H,31,36)(H,32,34)(H,33,35)(H,37,38)(H4,26,27,29). The third kappa shape index (κ3) is 11.0. The Morgan fingerprint density at radius 3 is 2.15 bits per heavy atom. The predicted octanol–water partition coefficient (Wildman–Crippen LogP) is -1.96. The predicted molar refractivity (Wildman–Crippen MR) is 148 cm³/mol. The third-order valence-electron chi connectivity index (χ3n) is 5.62. The van der Waals surface area contributed by atoms with Gasteiger partial charge in [-0.2, -0.15) is 12.6 Å². The molecular weight excluding hydrogens is 526 g/mol. The van der Waals surface area contributed by atoms with Gasteiger partial charge in [-0.05, 0) is 18.4 Å². The van der Waals surface area contributed by atoms with Crippen molar-refractivity contribution in [2.75, 3.05) is 12.3 Å². The van der Waals surface area contributed by atoms with Crippen molar-refractivity contribution in [3.8, 4) is 0 Å². The number of H-pyrrole nitrogens is 1. The van der Waals surface area contributed by atoms with Gasteiger partial charge in [-0.15, -0.1) is 0 Å². The monoisotopic (exact) mass is 561 g/mol. The first-order valence-corrected chi connectivity index (χ1v) is 12.8. The number of nitrogens with zero attached hydrogens (tertiary/aromatic N) is 2. The molecule has 1 heterocycles. The minimum absolute atomic E-state index is 0.0138. The number of nitrogens with one attached hydrogen (secondary N) is 4. The van der Waals surface area contributed by atoms with Gasteiger partial charge in [0.25, 0.3) is 0 Å². The van der Waals surface area contributed by atoms with Gasteiger partial charge in [-0.25, -0.2) is 9.78 Å². The first kappa shape index (κ1) is 31.1. The Kier molecular flexibility index (Phi) is 12.8. The minimum atomic E-state index is -1.25. The Bertz CT molecular complexity index is 1110. The maximum atomic E-state index is 13.4. The molecule has 4 unspecified atom stereocenters. The van der Waals surface area contributed by atoms with Crippen LogP contribution in [0.3, 0.4) is 0 Å². The molecule has 0 saturated heterocycles. The number of amides is 3. The number of rotatable bonds is 16. The van der Waals surface area contributed by atoms with Gasteiger partial charge < -0.3 is 43.2 Å². The highest BCUT2D eigenvalue weighted by Crippen LogP contribution is 2.07. The summed E-state index contributed by atoms with van der Waals surface area (Å²) in [5.74, 6) is -3.28. The number of aliphatic carboxylic acids is 1. The summed E-state index contributed by atoms with van der Waals surface area (Å²) in [5.41, 5.74) is 17.6. The molecule has 0 radical (unpaired) electrons. The van der Waals surface area contributed by atoms with Gasteiger partial charge in [0.05, 0.1) is 12.4 Å². The van der Waals surface area contributed by atoms with Crippen LogP contribution in [-0.2, 0) is 32.0 Å². The molecule has 0 aliphatic carbocycles. The number of carbonyl (C=O) groups is 4. The molecule has 1 aromatic heterocycles. The average Bonchev–Trinajstić information content (AvgIpc) is 3.42. The smallest absolute Gasteiger partial charge is 0.326 e. The van der Waals surface area contributed by atoms with Crippen LogP contribution in [0.1, 0.15) is 24.1 Å². The summed E-state index contributed by atoms with van der Waals surface area (Å²) >= 11 is 4.03. The van der Waals surface area contributed by atoms with Crippen LogP contribution in [0.15, 0.2) is 47.8 Å². The molecule has 0 bridgehead atoms. The Balaban J connectivity index is 2.21. The Labute approximate surface area is 231 Å². The molecule has 212 valence electrons. The molecule has 1 aromatic carbocycles. The number of hydrogen-bond acceptors (Lipinski definition) is 8. The van der Waals surface area contributed by atoms with Crippen LogP contribution < -0.4 is 33.2 Å². The second-order valence-corrected chi connectivity index (χ2v) is 9.10. The summed E-state index contributed by atoms with van der Waals surface area (Å²) in [6, 6.07) is 4.52. The lowest BCUT2D eigenvalue weighted by Crippen LogP contribution is -2.58. The van der Waals surface area contributed by atoms with Gasteiger partial charge >= 0.3 is 5.97 Å². The van der Waals surface area contributed by atoms with Crippen LogP contribution in [0.5, 0.6) is 0 Å². The number of nitrogens with two attached hydrogens (primary N) is 3. The maximum Gasteiger partial charge on any atom is 0.326 e. The van der Waals surface area contributed by atoms with E-state index in [1.165, 1.54) is 12.5 Å². The quantitative estimate of drug-likeness (QED) is 0.0477. The molecule has 2 aromatic rings. The normalized spacial score (nSPS) is 13.8. The van der Waals surface area contributed by atoms with Gasteiger partial charge in [0.1, 0.15) is 18.1 Å². The minimum Gasteiger partial charge on any atom is -0.480 e. The lowest BCUT2D eigenvalue weighted by molar-refractivity contribution is -0.142. The van der Waals surface area contributed by atoms with E-state index in [1.807, 2.05) is 6.07 Å². The molecule has 0 aliphatic heterocycles. The molecule has 0 saturated carbocycles. The van der Waals surface area contributed by atoms with Crippen LogP contribution in [0.2, 0.25) is 0 Å². The molecular formula is C24H35N9O5S. The van der Waals surface area contributed by atoms with Crippen molar-refractivity contribution in [1.82, 2.24) is 25.9 Å². The number of guanidine groups is 1. The second-order valence-electron chi connectivity index (χ2n) is 8.73. The molecule has 0 spiro atoms. The van der Waals surface area contributed by atoms with Gasteiger partial charge in [0, 0.05) is 37.0 Å². The van der Waals surface area contributed by atoms with E-state index in [-0.39, 0.29) is 37.5 Å². The zero-order valence-electron chi connectivity index (χ0n) is 21.2. The number of aromatic amines is 1. The Morgan fingerprint density at radius 2 is 1.59 bits per heavy atom. The van der Waals surface area contributed by atoms with Crippen molar-refractivity contribution in [1.29, 1.82) is 0 Å². The summed E-state index contributed by atoms with van der Waals surface area (Å²) < 4.78 is 0. The van der Waals surface area contributed by atoms with E-state index in [9.17, 15) is 24.3 Å². The van der Waals surface area contributed by atoms with Crippen molar-refractivity contribution in [3.63, 3.8) is 0 Å². The number of benzene rings is 1. The second kappa shape index (κ2) is 16.0. The van der Waals surface area contributed by atoms with Crippen LogP contribution >= 0.6 is 12.6 Å². The van der Waals surface area contributed by atoms with E-state index in [2.05, 4.69) is 43.5 Å². The molecule has 3 amide bonds. The molecule has 14 nitrogen and oxygen atoms in total. The van der Waals surface area contributed by atoms with E-state index in [0.29, 0.717) is 12.1 Å². The number of hydrogen-bond donors (Lipinski definition) is 9. The van der Waals surface area contributed by atoms with Crippen molar-refractivity contribution in [2.45, 2.75) is 49.9 Å². The number of thiol groups is 1. The van der Waals surface area contributed by atoms with Gasteiger partial charge in [-0.3, -0.25) is 19.4 Å². The van der Waals surface area contributed by atoms with E-state index in [4.69, 9.17) is 17.2 Å². The highest BCUT2D eigenvalue weighted by Gasteiger charge is 2.30. The van der Waals surface area contributed by atoms with Gasteiger partial charge in [-0.1, -0.05) is 30.3 Å². The number of carboxylic acids is 1. The van der Waals surface area contributed by atoms with Crippen LogP contribution in [-0.4, -0.2) is 81.2 Å². The first-order chi connectivity index (χ1) is 18.6. The summed E-state index contributed by atoms with van der Waals surface area (Å²) in [7, 11) is 0. The first-order valence-electron chi connectivity index (χ1n) is 12.2. The highest BCUT2D eigenvalue weighted by molar-refractivity contribution is 7.80. The summed E-state index contributed by atoms with van der Waals surface area (Å²) in [4.78, 5) is 61.5. The number of carbonyl (C=O) groups excluding carboxylic acids is 3. The molecule has 2 rings (SSSR count). The summed E-state index contributed by atoms with van der Waals surface area (Å²) in [5, 5.41) is 17.3. The number of aliphatic imine (C=N–C) groups is 1. The largest absolute Gasteiger partial charge is 0.480 e. The lowest BCUT2D eigenvalue weighted by atomic mass is 10.0. The van der Waals surface area contributed by atoms with E-state index >= 15 is 0 Å². The fourth-order valence-corrected chi connectivity index (χ4v) is 3.72. The average molecular weight is 562 g/mol. The highest BCUT2D eigenvalue weighted by atomic mass is 32.1. The molecule has 0 fully saturated rings. The molecule has 0 aliphatic rings. The number of aromatic nitrogens is 2. The van der Waals surface area contributed by atoms with E-state index in [1.54, 1.807) is 24.3 Å². The zero-order valence-corrected chi connectivity index (χ0v) is 22.1. The Morgan fingerprint density at radius 1 is 0.974 bits per heavy atom. The Hall–Kier alpha value is -4.11. The van der Waals surface area contributed by atoms with Gasteiger partial charge in [0.15, 0.2) is 5.96 Å². The van der Waals surface area contributed by atoms with Crippen molar-refractivity contribution >= 4 is 42.3 Å². The summed E-state index contributed by atoms with van der Waals surface area (Å²) in [6.45, 7) is 0.186. The van der Waals surface area contributed by atoms with Crippen LogP contribution in [0.25, 0.3) is 0 Å². The number of imidazole rings is 1. The maximum absolute atomic E-state index is 13.4. The fraction of sp³-hybridized carbons (Fsp3) is 0.417. The summed E-state index contributed by atoms with van der Waals surface area (Å²) in [6.07, 6.45) is 3.34. The zero-order chi connectivity index (χ0) is 28.8. The SMILES string of the molecule is NC(N)=NCCCC(NC(=O)C(Cc1cnc[nH]1)NC(=O)C(Cc1ccccc1)NC(=O)C(N)CS)C(=O)O. The molecule has 39 heavy (non-hydrogen) atoms.